The smallest absolute Gasteiger partial charge is 0.191 e. The van der Waals surface area contributed by atoms with Crippen molar-refractivity contribution in [2.75, 3.05) is 26.7 Å². The van der Waals surface area contributed by atoms with Crippen molar-refractivity contribution in [2.45, 2.75) is 66.0 Å². The lowest BCUT2D eigenvalue weighted by Gasteiger charge is -2.31. The molecule has 0 aromatic carbocycles. The summed E-state index contributed by atoms with van der Waals surface area (Å²) < 4.78 is 1.97. The normalized spacial score (nSPS) is 18.4. The molecule has 1 aromatic rings. The number of aliphatic imine (C=N–C) groups is 1. The van der Waals surface area contributed by atoms with E-state index in [1.54, 1.807) is 0 Å². The number of nitrogens with zero attached hydrogens (tertiary/aromatic N) is 4. The van der Waals surface area contributed by atoms with Crippen LogP contribution in [0.25, 0.3) is 0 Å². The predicted octanol–water partition coefficient (Wildman–Crippen LogP) is 2.25. The molecule has 6 nitrogen and oxygen atoms in total. The van der Waals surface area contributed by atoms with E-state index in [-0.39, 0.29) is 0 Å². The van der Waals surface area contributed by atoms with Crippen LogP contribution >= 0.6 is 0 Å². The minimum Gasteiger partial charge on any atom is -0.355 e. The van der Waals surface area contributed by atoms with Crippen LogP contribution in [0, 0.1) is 19.8 Å². The van der Waals surface area contributed by atoms with Crippen LogP contribution in [0.15, 0.2) is 4.99 Å². The summed E-state index contributed by atoms with van der Waals surface area (Å²) in [5, 5.41) is 11.6. The fourth-order valence-corrected chi connectivity index (χ4v) is 3.96. The number of hydrogen-bond donors (Lipinski definition) is 2. The Bertz CT molecular complexity index is 598. The number of likely N-dealkylation sites (tertiary alicyclic amines) is 1. The first-order valence-electron chi connectivity index (χ1n) is 10.0. The number of hydrogen-bond acceptors (Lipinski definition) is 3. The maximum absolute atomic E-state index is 4.52. The topological polar surface area (TPSA) is 57.5 Å². The average Bonchev–Trinajstić information content (AvgIpc) is 3.18. The van der Waals surface area contributed by atoms with Gasteiger partial charge in [0.05, 0.1) is 5.69 Å². The number of rotatable bonds is 7. The first-order valence-corrected chi connectivity index (χ1v) is 10.0. The second kappa shape index (κ2) is 9.40. The van der Waals surface area contributed by atoms with E-state index in [9.17, 15) is 0 Å². The maximum atomic E-state index is 4.52. The first kappa shape index (κ1) is 20.7. The molecular weight excluding hydrogens is 324 g/mol. The van der Waals surface area contributed by atoms with Crippen molar-refractivity contribution in [3.05, 3.63) is 17.0 Å². The molecule has 148 valence electrons. The lowest BCUT2D eigenvalue weighted by Crippen LogP contribution is -2.50. The summed E-state index contributed by atoms with van der Waals surface area (Å²) in [5.74, 6) is 1.53. The molecule has 1 saturated heterocycles. The van der Waals surface area contributed by atoms with Crippen molar-refractivity contribution in [3.63, 3.8) is 0 Å². The number of guanidine groups is 1. The molecule has 2 rings (SSSR count). The van der Waals surface area contributed by atoms with Crippen molar-refractivity contribution in [2.24, 2.45) is 18.0 Å². The van der Waals surface area contributed by atoms with Crippen molar-refractivity contribution < 1.29 is 0 Å². The van der Waals surface area contributed by atoms with Crippen molar-refractivity contribution in [3.8, 4) is 0 Å². The molecule has 0 bridgehead atoms. The number of aromatic nitrogens is 2. The summed E-state index contributed by atoms with van der Waals surface area (Å²) >= 11 is 0. The molecule has 1 aliphatic heterocycles. The Labute approximate surface area is 159 Å². The number of aryl methyl sites for hydroxylation is 2. The monoisotopic (exact) mass is 362 g/mol. The molecule has 2 heterocycles. The highest BCUT2D eigenvalue weighted by atomic mass is 15.3. The molecule has 1 fully saturated rings. The van der Waals surface area contributed by atoms with E-state index in [0.717, 1.165) is 24.6 Å². The molecule has 26 heavy (non-hydrogen) atoms. The zero-order chi connectivity index (χ0) is 19.3. The molecule has 0 spiro atoms. The van der Waals surface area contributed by atoms with Gasteiger partial charge in [0.1, 0.15) is 0 Å². The van der Waals surface area contributed by atoms with Gasteiger partial charge in [-0.15, -0.1) is 0 Å². The van der Waals surface area contributed by atoms with E-state index >= 15 is 0 Å². The van der Waals surface area contributed by atoms with Gasteiger partial charge in [-0.3, -0.25) is 14.6 Å². The third kappa shape index (κ3) is 5.22. The molecule has 0 amide bonds. The van der Waals surface area contributed by atoms with Crippen molar-refractivity contribution >= 4 is 5.96 Å². The molecular formula is C20H38N6. The third-order valence-corrected chi connectivity index (χ3v) is 5.63. The van der Waals surface area contributed by atoms with Gasteiger partial charge in [-0.2, -0.15) is 5.10 Å². The highest BCUT2D eigenvalue weighted by Gasteiger charge is 2.24. The Morgan fingerprint density at radius 1 is 1.19 bits per heavy atom. The van der Waals surface area contributed by atoms with Crippen LogP contribution in [-0.4, -0.2) is 59.4 Å². The van der Waals surface area contributed by atoms with Crippen molar-refractivity contribution in [1.29, 1.82) is 0 Å². The van der Waals surface area contributed by atoms with E-state index in [4.69, 9.17) is 0 Å². The van der Waals surface area contributed by atoms with Gasteiger partial charge in [0.15, 0.2) is 5.96 Å². The second-order valence-corrected chi connectivity index (χ2v) is 8.03. The Balaban J connectivity index is 1.89. The predicted molar refractivity (Wildman–Crippen MR) is 110 cm³/mol. The zero-order valence-corrected chi connectivity index (χ0v) is 17.8. The average molecular weight is 363 g/mol. The summed E-state index contributed by atoms with van der Waals surface area (Å²) in [7, 11) is 3.86. The SMILES string of the molecule is CN=C(NCC(C(C)C)N1CCCC1)NC(C)Cc1c(C)nn(C)c1C. The van der Waals surface area contributed by atoms with Gasteiger partial charge in [0.25, 0.3) is 0 Å². The largest absolute Gasteiger partial charge is 0.355 e. The Morgan fingerprint density at radius 3 is 2.35 bits per heavy atom. The highest BCUT2D eigenvalue weighted by molar-refractivity contribution is 5.80. The summed E-state index contributed by atoms with van der Waals surface area (Å²) in [4.78, 5) is 7.05. The summed E-state index contributed by atoms with van der Waals surface area (Å²) in [6.07, 6.45) is 3.61. The van der Waals surface area contributed by atoms with Crippen LogP contribution in [0.4, 0.5) is 0 Å². The third-order valence-electron chi connectivity index (χ3n) is 5.63. The maximum Gasteiger partial charge on any atom is 0.191 e. The van der Waals surface area contributed by atoms with Crippen LogP contribution in [0.3, 0.4) is 0 Å². The van der Waals surface area contributed by atoms with Crippen LogP contribution in [0.5, 0.6) is 0 Å². The summed E-state index contributed by atoms with van der Waals surface area (Å²) in [6, 6.07) is 0.862. The van der Waals surface area contributed by atoms with Crippen LogP contribution in [0.2, 0.25) is 0 Å². The van der Waals surface area contributed by atoms with Crippen molar-refractivity contribution in [1.82, 2.24) is 25.3 Å². The molecule has 6 heteroatoms. The molecule has 0 aliphatic carbocycles. The lowest BCUT2D eigenvalue weighted by atomic mass is 10.0. The van der Waals surface area contributed by atoms with Gasteiger partial charge in [0, 0.05) is 38.4 Å². The van der Waals surface area contributed by atoms with Gasteiger partial charge in [-0.1, -0.05) is 13.8 Å². The molecule has 2 N–H and O–H groups in total. The molecule has 0 radical (unpaired) electrons. The minimum atomic E-state index is 0.298. The van der Waals surface area contributed by atoms with E-state index < -0.39 is 0 Å². The number of nitrogens with one attached hydrogen (secondary N) is 2. The lowest BCUT2D eigenvalue weighted by molar-refractivity contribution is 0.192. The summed E-state index contributed by atoms with van der Waals surface area (Å²) in [6.45, 7) is 14.5. The van der Waals surface area contributed by atoms with E-state index in [1.165, 1.54) is 37.2 Å². The molecule has 2 unspecified atom stereocenters. The fraction of sp³-hybridized carbons (Fsp3) is 0.800. The van der Waals surface area contributed by atoms with Gasteiger partial charge in [0.2, 0.25) is 0 Å². The van der Waals surface area contributed by atoms with Crippen LogP contribution in [-0.2, 0) is 13.5 Å². The minimum absolute atomic E-state index is 0.298. The van der Waals surface area contributed by atoms with Gasteiger partial charge < -0.3 is 10.6 Å². The van der Waals surface area contributed by atoms with Gasteiger partial charge in [-0.25, -0.2) is 0 Å². The first-order chi connectivity index (χ1) is 12.3. The Morgan fingerprint density at radius 2 is 1.85 bits per heavy atom. The fourth-order valence-electron chi connectivity index (χ4n) is 3.96. The highest BCUT2D eigenvalue weighted by Crippen LogP contribution is 2.17. The second-order valence-electron chi connectivity index (χ2n) is 8.03. The summed E-state index contributed by atoms with van der Waals surface area (Å²) in [5.41, 5.74) is 3.70. The zero-order valence-electron chi connectivity index (χ0n) is 17.8. The molecule has 2 atom stereocenters. The van der Waals surface area contributed by atoms with E-state index in [2.05, 4.69) is 60.2 Å². The van der Waals surface area contributed by atoms with Gasteiger partial charge in [-0.05, 0) is 64.6 Å². The van der Waals surface area contributed by atoms with Crippen LogP contribution < -0.4 is 10.6 Å². The standard InChI is InChI=1S/C20H38N6/c1-14(2)19(26-10-8-9-11-26)13-22-20(21-6)23-15(3)12-18-16(4)24-25(7)17(18)5/h14-15,19H,8-13H2,1-7H3,(H2,21,22,23). The van der Waals surface area contributed by atoms with E-state index in [1.807, 2.05) is 18.8 Å². The Kier molecular flexibility index (Phi) is 7.50. The quantitative estimate of drug-likeness (QED) is 0.577. The molecule has 0 saturated carbocycles. The molecule has 1 aliphatic rings. The Hall–Kier alpha value is -1.56. The van der Waals surface area contributed by atoms with Gasteiger partial charge >= 0.3 is 0 Å². The molecule has 1 aromatic heterocycles. The van der Waals surface area contributed by atoms with E-state index in [0.29, 0.717) is 18.0 Å². The van der Waals surface area contributed by atoms with Crippen LogP contribution in [0.1, 0.15) is 50.6 Å².